The minimum atomic E-state index is -1.83. The van der Waals surface area contributed by atoms with E-state index in [1.165, 1.54) is 0 Å². The molecule has 0 radical (unpaired) electrons. The lowest BCUT2D eigenvalue weighted by molar-refractivity contribution is -0.384. The molecule has 1 aliphatic carbocycles. The normalized spacial score (nSPS) is 13.5. The van der Waals surface area contributed by atoms with Gasteiger partial charge in [-0.15, -0.1) is 0 Å². The van der Waals surface area contributed by atoms with E-state index >= 15 is 0 Å². The molecule has 2 N–H and O–H groups in total. The minimum absolute atomic E-state index is 0.0195. The third-order valence-corrected chi connectivity index (χ3v) is 2.54. The molecule has 0 amide bonds. The van der Waals surface area contributed by atoms with Crippen LogP contribution in [0.2, 0.25) is 5.02 Å². The van der Waals surface area contributed by atoms with Crippen molar-refractivity contribution >= 4 is 23.4 Å². The van der Waals surface area contributed by atoms with Gasteiger partial charge in [-0.2, -0.15) is 0 Å². The molecule has 1 saturated carbocycles. The predicted octanol–water partition coefficient (Wildman–Crippen LogP) is 3.35. The highest BCUT2D eigenvalue weighted by atomic mass is 35.5. The Hall–Kier alpha value is -1.82. The lowest BCUT2D eigenvalue weighted by Gasteiger charge is -1.99. The summed E-state index contributed by atoms with van der Waals surface area (Å²) in [4.78, 5) is 18.7. The Morgan fingerprint density at radius 1 is 1.41 bits per heavy atom. The summed E-state index contributed by atoms with van der Waals surface area (Å²) in [5.74, 6) is 0.524. The minimum Gasteiger partial charge on any atom is -0.450 e. The Morgan fingerprint density at radius 2 is 1.94 bits per heavy atom. The predicted molar refractivity (Wildman–Crippen MR) is 60.7 cm³/mol. The molecule has 7 heteroatoms. The van der Waals surface area contributed by atoms with E-state index in [-0.39, 0.29) is 10.7 Å². The van der Waals surface area contributed by atoms with Crippen molar-refractivity contribution in [3.8, 4) is 0 Å². The number of carbonyl (C=O) groups is 1. The maximum atomic E-state index is 10.5. The number of halogens is 1. The molecular formula is C10H10ClNO5. The van der Waals surface area contributed by atoms with E-state index in [4.69, 9.17) is 26.6 Å². The first-order valence-electron chi connectivity index (χ1n) is 4.77. The number of nitrogens with zero attached hydrogens (tertiary/aromatic N) is 1. The number of hydrogen-bond donors (Lipinski definition) is 2. The first kappa shape index (κ1) is 13.2. The van der Waals surface area contributed by atoms with Crippen LogP contribution in [0.15, 0.2) is 18.2 Å². The fraction of sp³-hybridized carbons (Fsp3) is 0.300. The van der Waals surface area contributed by atoms with Gasteiger partial charge in [-0.25, -0.2) is 4.79 Å². The van der Waals surface area contributed by atoms with Crippen LogP contribution in [0, 0.1) is 10.1 Å². The summed E-state index contributed by atoms with van der Waals surface area (Å²) >= 11 is 5.67. The Balaban J connectivity index is 0.000000317. The first-order chi connectivity index (χ1) is 7.91. The van der Waals surface area contributed by atoms with E-state index in [1.54, 1.807) is 12.1 Å². The second-order valence-corrected chi connectivity index (χ2v) is 3.93. The van der Waals surface area contributed by atoms with Crippen molar-refractivity contribution in [1.82, 2.24) is 0 Å². The monoisotopic (exact) mass is 259 g/mol. The van der Waals surface area contributed by atoms with Crippen LogP contribution >= 0.6 is 11.6 Å². The van der Waals surface area contributed by atoms with Crippen molar-refractivity contribution in [1.29, 1.82) is 0 Å². The van der Waals surface area contributed by atoms with Gasteiger partial charge in [0.2, 0.25) is 0 Å². The summed E-state index contributed by atoms with van der Waals surface area (Å²) in [7, 11) is 0. The van der Waals surface area contributed by atoms with Gasteiger partial charge in [-0.05, 0) is 30.4 Å². The van der Waals surface area contributed by atoms with Crippen LogP contribution in [0.4, 0.5) is 10.5 Å². The summed E-state index contributed by atoms with van der Waals surface area (Å²) in [6.07, 6.45) is 0.442. The number of nitro groups is 1. The maximum absolute atomic E-state index is 10.5. The number of carboxylic acid groups (broad SMARTS) is 2. The zero-order valence-corrected chi connectivity index (χ0v) is 9.42. The Kier molecular flexibility index (Phi) is 4.28. The van der Waals surface area contributed by atoms with Crippen molar-refractivity contribution < 1.29 is 19.9 Å². The molecule has 0 saturated heterocycles. The van der Waals surface area contributed by atoms with Gasteiger partial charge < -0.3 is 10.2 Å². The van der Waals surface area contributed by atoms with E-state index in [1.807, 2.05) is 6.07 Å². The average Bonchev–Trinajstić information content (AvgIpc) is 3.00. The van der Waals surface area contributed by atoms with Gasteiger partial charge in [0.25, 0.3) is 5.69 Å². The fourth-order valence-electron chi connectivity index (χ4n) is 1.34. The smallest absolute Gasteiger partial charge is 0.450 e. The van der Waals surface area contributed by atoms with E-state index in [0.717, 1.165) is 18.4 Å². The van der Waals surface area contributed by atoms with Crippen LogP contribution in [-0.4, -0.2) is 21.3 Å². The second-order valence-electron chi connectivity index (χ2n) is 3.52. The summed E-state index contributed by atoms with van der Waals surface area (Å²) in [5.41, 5.74) is 1.06. The zero-order chi connectivity index (χ0) is 13.0. The summed E-state index contributed by atoms with van der Waals surface area (Å²) < 4.78 is 0. The molecule has 0 aromatic heterocycles. The summed E-state index contributed by atoms with van der Waals surface area (Å²) in [6, 6.07) is 5.06. The standard InChI is InChI=1S/C9H8ClNO2.CH2O3/c10-8-4-3-7(6-1-2-6)5-9(8)11(12)13;2-1(3)4/h3-6H,1-2H2;(H2,2,3,4). The van der Waals surface area contributed by atoms with E-state index in [9.17, 15) is 10.1 Å². The van der Waals surface area contributed by atoms with Gasteiger partial charge in [0.05, 0.1) is 4.92 Å². The van der Waals surface area contributed by atoms with Crippen LogP contribution in [0.25, 0.3) is 0 Å². The molecule has 0 aliphatic heterocycles. The van der Waals surface area contributed by atoms with E-state index < -0.39 is 11.1 Å². The second kappa shape index (κ2) is 5.49. The number of nitro benzene ring substituents is 1. The molecule has 6 nitrogen and oxygen atoms in total. The van der Waals surface area contributed by atoms with E-state index in [2.05, 4.69) is 0 Å². The van der Waals surface area contributed by atoms with Crippen LogP contribution in [-0.2, 0) is 0 Å². The third kappa shape index (κ3) is 4.28. The molecule has 1 fully saturated rings. The fourth-order valence-corrected chi connectivity index (χ4v) is 1.53. The molecule has 0 atom stereocenters. The highest BCUT2D eigenvalue weighted by Crippen LogP contribution is 2.42. The molecule has 0 spiro atoms. The SMILES string of the molecule is O=C(O)O.O=[N+]([O-])c1cc(C2CC2)ccc1Cl. The quantitative estimate of drug-likeness (QED) is 0.626. The Morgan fingerprint density at radius 3 is 2.35 bits per heavy atom. The van der Waals surface area contributed by atoms with Gasteiger partial charge in [-0.1, -0.05) is 17.7 Å². The molecular weight excluding hydrogens is 250 g/mol. The molecule has 2 rings (SSSR count). The molecule has 0 bridgehead atoms. The van der Waals surface area contributed by atoms with Crippen molar-refractivity contribution in [3.05, 3.63) is 38.9 Å². The van der Waals surface area contributed by atoms with Crippen molar-refractivity contribution in [2.75, 3.05) is 0 Å². The highest BCUT2D eigenvalue weighted by molar-refractivity contribution is 6.32. The van der Waals surface area contributed by atoms with Gasteiger partial charge in [0.1, 0.15) is 5.02 Å². The number of rotatable bonds is 2. The highest BCUT2D eigenvalue weighted by Gasteiger charge is 2.25. The maximum Gasteiger partial charge on any atom is 0.503 e. The van der Waals surface area contributed by atoms with Crippen molar-refractivity contribution in [3.63, 3.8) is 0 Å². The van der Waals surface area contributed by atoms with Crippen molar-refractivity contribution in [2.45, 2.75) is 18.8 Å². The average molecular weight is 260 g/mol. The summed E-state index contributed by atoms with van der Waals surface area (Å²) in [6.45, 7) is 0. The molecule has 0 heterocycles. The molecule has 0 unspecified atom stereocenters. The molecule has 92 valence electrons. The molecule has 1 aliphatic rings. The lowest BCUT2D eigenvalue weighted by Crippen LogP contribution is -1.90. The van der Waals surface area contributed by atoms with E-state index in [0.29, 0.717) is 5.92 Å². The lowest BCUT2D eigenvalue weighted by atomic mass is 10.1. The number of benzene rings is 1. The molecule has 17 heavy (non-hydrogen) atoms. The largest absolute Gasteiger partial charge is 0.503 e. The summed E-state index contributed by atoms with van der Waals surface area (Å²) in [5, 5.41) is 24.7. The van der Waals surface area contributed by atoms with Gasteiger partial charge in [0.15, 0.2) is 0 Å². The van der Waals surface area contributed by atoms with Crippen LogP contribution in [0.3, 0.4) is 0 Å². The van der Waals surface area contributed by atoms with Crippen LogP contribution in [0.5, 0.6) is 0 Å². The van der Waals surface area contributed by atoms with Crippen LogP contribution in [0.1, 0.15) is 24.3 Å². The topological polar surface area (TPSA) is 101 Å². The van der Waals surface area contributed by atoms with Gasteiger partial charge >= 0.3 is 6.16 Å². The zero-order valence-electron chi connectivity index (χ0n) is 8.67. The molecule has 1 aromatic rings. The third-order valence-electron chi connectivity index (χ3n) is 2.22. The first-order valence-corrected chi connectivity index (χ1v) is 5.15. The Labute approximate surface area is 102 Å². The van der Waals surface area contributed by atoms with Crippen LogP contribution < -0.4 is 0 Å². The van der Waals surface area contributed by atoms with Gasteiger partial charge in [-0.3, -0.25) is 10.1 Å². The van der Waals surface area contributed by atoms with Crippen molar-refractivity contribution in [2.24, 2.45) is 0 Å². The Bertz CT molecular complexity index is 440. The molecule has 1 aromatic carbocycles. The van der Waals surface area contributed by atoms with Gasteiger partial charge in [0, 0.05) is 6.07 Å². The number of hydrogen-bond acceptors (Lipinski definition) is 3.